The molecule has 0 unspecified atom stereocenters. The lowest BCUT2D eigenvalue weighted by molar-refractivity contribution is -0.139. The fourth-order valence-corrected chi connectivity index (χ4v) is 2.14. The van der Waals surface area contributed by atoms with Crippen LogP contribution >= 0.6 is 0 Å². The molecule has 1 heterocycles. The predicted molar refractivity (Wildman–Crippen MR) is 91.4 cm³/mol. The van der Waals surface area contributed by atoms with Crippen molar-refractivity contribution in [1.82, 2.24) is 9.97 Å². The number of carbonyl (C=O) groups is 1. The van der Waals surface area contributed by atoms with Crippen LogP contribution in [0, 0.1) is 0 Å². The Hall–Kier alpha value is -3.41. The second-order valence-electron chi connectivity index (χ2n) is 5.18. The van der Waals surface area contributed by atoms with Crippen LogP contribution in [-0.2, 0) is 11.4 Å². The Bertz CT molecular complexity index is 836. The first-order valence-corrected chi connectivity index (χ1v) is 7.65. The lowest BCUT2D eigenvalue weighted by Gasteiger charge is -2.08. The molecule has 0 aliphatic heterocycles. The second-order valence-corrected chi connectivity index (χ2v) is 5.18. The van der Waals surface area contributed by atoms with Crippen LogP contribution in [0.25, 0.3) is 11.4 Å². The van der Waals surface area contributed by atoms with Gasteiger partial charge < -0.3 is 14.6 Å². The minimum atomic E-state index is -1.02. The van der Waals surface area contributed by atoms with E-state index in [1.165, 1.54) is 0 Å². The SMILES string of the molecule is O=C(O)COc1ccc(OCc2ccnc(-c3ccccc3)n2)cc1. The summed E-state index contributed by atoms with van der Waals surface area (Å²) in [4.78, 5) is 19.2. The zero-order chi connectivity index (χ0) is 17.5. The molecule has 2 aromatic carbocycles. The molecule has 0 amide bonds. The number of rotatable bonds is 7. The third-order valence-corrected chi connectivity index (χ3v) is 3.32. The standard InChI is InChI=1S/C19H16N2O4/c22-18(23)13-25-17-8-6-16(7-9-17)24-12-15-10-11-20-19(21-15)14-4-2-1-3-5-14/h1-11H,12-13H2,(H,22,23). The molecule has 6 heteroatoms. The van der Waals surface area contributed by atoms with Crippen LogP contribution in [0.2, 0.25) is 0 Å². The molecule has 0 aliphatic carbocycles. The number of carboxylic acids is 1. The van der Waals surface area contributed by atoms with E-state index in [0.717, 1.165) is 11.3 Å². The normalized spacial score (nSPS) is 10.2. The van der Waals surface area contributed by atoms with Gasteiger partial charge in [-0.15, -0.1) is 0 Å². The maximum absolute atomic E-state index is 10.5. The third-order valence-electron chi connectivity index (χ3n) is 3.32. The number of hydrogen-bond donors (Lipinski definition) is 1. The van der Waals surface area contributed by atoms with Gasteiger partial charge in [0.25, 0.3) is 0 Å². The van der Waals surface area contributed by atoms with Gasteiger partial charge in [-0.25, -0.2) is 14.8 Å². The van der Waals surface area contributed by atoms with Crippen molar-refractivity contribution in [2.75, 3.05) is 6.61 Å². The summed E-state index contributed by atoms with van der Waals surface area (Å²) in [5.41, 5.74) is 1.71. The highest BCUT2D eigenvalue weighted by atomic mass is 16.5. The highest BCUT2D eigenvalue weighted by molar-refractivity contribution is 5.68. The monoisotopic (exact) mass is 336 g/mol. The number of hydrogen-bond acceptors (Lipinski definition) is 5. The molecule has 0 atom stereocenters. The molecule has 1 aromatic heterocycles. The maximum Gasteiger partial charge on any atom is 0.341 e. The third kappa shape index (κ3) is 4.78. The smallest absolute Gasteiger partial charge is 0.341 e. The first kappa shape index (κ1) is 16.4. The van der Waals surface area contributed by atoms with Crippen LogP contribution in [0.15, 0.2) is 66.9 Å². The Morgan fingerprint density at radius 2 is 1.60 bits per heavy atom. The van der Waals surface area contributed by atoms with Gasteiger partial charge in [0.15, 0.2) is 12.4 Å². The molecule has 0 aliphatic rings. The van der Waals surface area contributed by atoms with Crippen molar-refractivity contribution in [3.05, 3.63) is 72.6 Å². The van der Waals surface area contributed by atoms with E-state index in [0.29, 0.717) is 23.9 Å². The molecule has 0 spiro atoms. The average Bonchev–Trinajstić information content (AvgIpc) is 2.66. The van der Waals surface area contributed by atoms with Gasteiger partial charge in [0, 0.05) is 11.8 Å². The van der Waals surface area contributed by atoms with E-state index in [4.69, 9.17) is 14.6 Å². The lowest BCUT2D eigenvalue weighted by Crippen LogP contribution is -2.09. The highest BCUT2D eigenvalue weighted by Crippen LogP contribution is 2.19. The van der Waals surface area contributed by atoms with Crippen LogP contribution in [0.3, 0.4) is 0 Å². The van der Waals surface area contributed by atoms with E-state index in [2.05, 4.69) is 9.97 Å². The van der Waals surface area contributed by atoms with E-state index in [-0.39, 0.29) is 6.61 Å². The Morgan fingerprint density at radius 3 is 2.28 bits per heavy atom. The number of ether oxygens (including phenoxy) is 2. The zero-order valence-corrected chi connectivity index (χ0v) is 13.3. The first-order chi connectivity index (χ1) is 12.2. The highest BCUT2D eigenvalue weighted by Gasteiger charge is 2.04. The van der Waals surface area contributed by atoms with Gasteiger partial charge in [-0.05, 0) is 30.3 Å². The van der Waals surface area contributed by atoms with Gasteiger partial charge >= 0.3 is 5.97 Å². The van der Waals surface area contributed by atoms with Crippen LogP contribution in [-0.4, -0.2) is 27.7 Å². The quantitative estimate of drug-likeness (QED) is 0.713. The van der Waals surface area contributed by atoms with E-state index in [1.54, 1.807) is 36.5 Å². The van der Waals surface area contributed by atoms with Gasteiger partial charge in [0.05, 0.1) is 5.69 Å². The summed E-state index contributed by atoms with van der Waals surface area (Å²) in [7, 11) is 0. The van der Waals surface area contributed by atoms with E-state index in [9.17, 15) is 4.79 Å². The van der Waals surface area contributed by atoms with Crippen molar-refractivity contribution >= 4 is 5.97 Å². The molecule has 3 aromatic rings. The second kappa shape index (κ2) is 7.92. The van der Waals surface area contributed by atoms with Crippen molar-refractivity contribution < 1.29 is 19.4 Å². The van der Waals surface area contributed by atoms with Gasteiger partial charge in [-0.3, -0.25) is 0 Å². The largest absolute Gasteiger partial charge is 0.487 e. The fraction of sp³-hybridized carbons (Fsp3) is 0.105. The molecule has 0 radical (unpaired) electrons. The molecule has 6 nitrogen and oxygen atoms in total. The number of aliphatic carboxylic acids is 1. The molecule has 0 bridgehead atoms. The van der Waals surface area contributed by atoms with Crippen molar-refractivity contribution in [3.63, 3.8) is 0 Å². The lowest BCUT2D eigenvalue weighted by atomic mass is 10.2. The Morgan fingerprint density at radius 1 is 0.920 bits per heavy atom. The first-order valence-electron chi connectivity index (χ1n) is 7.65. The van der Waals surface area contributed by atoms with E-state index in [1.807, 2.05) is 30.3 Å². The van der Waals surface area contributed by atoms with E-state index < -0.39 is 5.97 Å². The van der Waals surface area contributed by atoms with E-state index >= 15 is 0 Å². The molecular formula is C19H16N2O4. The van der Waals surface area contributed by atoms with Crippen LogP contribution in [0.4, 0.5) is 0 Å². The Labute approximate surface area is 144 Å². The molecule has 0 saturated carbocycles. The van der Waals surface area contributed by atoms with Crippen LogP contribution < -0.4 is 9.47 Å². The summed E-state index contributed by atoms with van der Waals surface area (Å²) in [5, 5.41) is 8.58. The van der Waals surface area contributed by atoms with Crippen LogP contribution in [0.1, 0.15) is 5.69 Å². The number of benzene rings is 2. The summed E-state index contributed by atoms with van der Waals surface area (Å²) < 4.78 is 10.8. The van der Waals surface area contributed by atoms with Crippen LogP contribution in [0.5, 0.6) is 11.5 Å². The Kier molecular flexibility index (Phi) is 5.21. The number of carboxylic acid groups (broad SMARTS) is 1. The zero-order valence-electron chi connectivity index (χ0n) is 13.3. The fourth-order valence-electron chi connectivity index (χ4n) is 2.14. The van der Waals surface area contributed by atoms with Gasteiger partial charge in [-0.1, -0.05) is 30.3 Å². The summed E-state index contributed by atoms with van der Waals surface area (Å²) in [6, 6.07) is 18.3. The van der Waals surface area contributed by atoms with Crippen molar-refractivity contribution in [1.29, 1.82) is 0 Å². The van der Waals surface area contributed by atoms with Gasteiger partial charge in [-0.2, -0.15) is 0 Å². The van der Waals surface area contributed by atoms with Gasteiger partial charge in [0.1, 0.15) is 18.1 Å². The maximum atomic E-state index is 10.5. The molecule has 25 heavy (non-hydrogen) atoms. The number of aromatic nitrogens is 2. The summed E-state index contributed by atoms with van der Waals surface area (Å²) >= 11 is 0. The molecule has 0 fully saturated rings. The molecule has 0 saturated heterocycles. The predicted octanol–water partition coefficient (Wildman–Crippen LogP) is 3.19. The summed E-state index contributed by atoms with van der Waals surface area (Å²) in [6.07, 6.45) is 1.71. The minimum Gasteiger partial charge on any atom is -0.487 e. The molecule has 1 N–H and O–H groups in total. The summed E-state index contributed by atoms with van der Waals surface area (Å²) in [5.74, 6) is 0.753. The topological polar surface area (TPSA) is 81.5 Å². The van der Waals surface area contributed by atoms with Crippen molar-refractivity contribution in [3.8, 4) is 22.9 Å². The summed E-state index contributed by atoms with van der Waals surface area (Å²) in [6.45, 7) is -0.0684. The average molecular weight is 336 g/mol. The molecular weight excluding hydrogens is 320 g/mol. The number of nitrogens with zero attached hydrogens (tertiary/aromatic N) is 2. The van der Waals surface area contributed by atoms with Crippen molar-refractivity contribution in [2.45, 2.75) is 6.61 Å². The molecule has 126 valence electrons. The minimum absolute atomic E-state index is 0.303. The van der Waals surface area contributed by atoms with Gasteiger partial charge in [0.2, 0.25) is 0 Å². The van der Waals surface area contributed by atoms with Crippen molar-refractivity contribution in [2.24, 2.45) is 0 Å². The Balaban J connectivity index is 1.61. The molecule has 3 rings (SSSR count).